The second-order valence-electron chi connectivity index (χ2n) is 2.58. The van der Waals surface area contributed by atoms with E-state index >= 15 is 0 Å². The molecule has 0 atom stereocenters. The number of nitriles is 1. The van der Waals surface area contributed by atoms with Crippen LogP contribution < -0.4 is 0 Å². The van der Waals surface area contributed by atoms with Gasteiger partial charge in [-0.15, -0.1) is 0 Å². The number of carboxylic acids is 1. The molecular formula is C9H5BrINO2. The molecule has 0 unspecified atom stereocenters. The number of halogens is 2. The zero-order valence-electron chi connectivity index (χ0n) is 6.92. The number of hydrogen-bond donors (Lipinski definition) is 1. The zero-order chi connectivity index (χ0) is 10.7. The molecule has 72 valence electrons. The molecular weight excluding hydrogens is 361 g/mol. The van der Waals surface area contributed by atoms with Crippen LogP contribution in [0.1, 0.15) is 11.1 Å². The Labute approximate surface area is 103 Å². The van der Waals surface area contributed by atoms with Gasteiger partial charge < -0.3 is 5.11 Å². The van der Waals surface area contributed by atoms with Crippen LogP contribution in [0.2, 0.25) is 0 Å². The van der Waals surface area contributed by atoms with Crippen LogP contribution in [-0.2, 0) is 11.2 Å². The summed E-state index contributed by atoms with van der Waals surface area (Å²) in [5.41, 5.74) is 0.937. The van der Waals surface area contributed by atoms with Crippen LogP contribution in [0.5, 0.6) is 0 Å². The van der Waals surface area contributed by atoms with Crippen molar-refractivity contribution in [2.75, 3.05) is 0 Å². The summed E-state index contributed by atoms with van der Waals surface area (Å²) in [5.74, 6) is -0.936. The van der Waals surface area contributed by atoms with Gasteiger partial charge in [0.25, 0.3) is 0 Å². The van der Waals surface area contributed by atoms with Crippen LogP contribution in [0.4, 0.5) is 0 Å². The SMILES string of the molecule is N#Cc1c(CC(=O)O)ccc(I)c1Br. The summed E-state index contributed by atoms with van der Waals surface area (Å²) in [5, 5.41) is 17.5. The van der Waals surface area contributed by atoms with Crippen molar-refractivity contribution in [3.63, 3.8) is 0 Å². The first kappa shape index (κ1) is 11.5. The molecule has 5 heteroatoms. The van der Waals surface area contributed by atoms with Gasteiger partial charge >= 0.3 is 5.97 Å². The van der Waals surface area contributed by atoms with E-state index in [2.05, 4.69) is 38.5 Å². The molecule has 1 aromatic rings. The topological polar surface area (TPSA) is 61.1 Å². The second-order valence-corrected chi connectivity index (χ2v) is 4.53. The lowest BCUT2D eigenvalue weighted by Gasteiger charge is -2.04. The minimum atomic E-state index is -0.936. The van der Waals surface area contributed by atoms with E-state index in [0.717, 1.165) is 3.57 Å². The van der Waals surface area contributed by atoms with Crippen LogP contribution >= 0.6 is 38.5 Å². The summed E-state index contributed by atoms with van der Waals surface area (Å²) in [4.78, 5) is 10.5. The highest BCUT2D eigenvalue weighted by Crippen LogP contribution is 2.26. The predicted molar refractivity (Wildman–Crippen MR) is 62.9 cm³/mol. The number of rotatable bonds is 2. The van der Waals surface area contributed by atoms with Crippen molar-refractivity contribution in [3.8, 4) is 6.07 Å². The van der Waals surface area contributed by atoms with E-state index in [1.165, 1.54) is 0 Å². The minimum absolute atomic E-state index is 0.127. The van der Waals surface area contributed by atoms with E-state index in [1.54, 1.807) is 12.1 Å². The first-order valence-corrected chi connectivity index (χ1v) is 5.52. The quantitative estimate of drug-likeness (QED) is 0.819. The fourth-order valence-electron chi connectivity index (χ4n) is 1.02. The molecule has 0 saturated heterocycles. The number of carbonyl (C=O) groups is 1. The van der Waals surface area contributed by atoms with Gasteiger partial charge in [-0.1, -0.05) is 6.07 Å². The summed E-state index contributed by atoms with van der Waals surface area (Å²) >= 11 is 5.34. The van der Waals surface area contributed by atoms with Gasteiger partial charge in [-0.3, -0.25) is 4.79 Å². The monoisotopic (exact) mass is 365 g/mol. The molecule has 0 aliphatic carbocycles. The molecule has 0 aromatic heterocycles. The Kier molecular flexibility index (Phi) is 3.89. The maximum atomic E-state index is 10.5. The molecule has 0 fully saturated rings. The third-order valence-corrected chi connectivity index (χ3v) is 4.10. The zero-order valence-corrected chi connectivity index (χ0v) is 10.7. The number of nitrogens with zero attached hydrogens (tertiary/aromatic N) is 1. The molecule has 14 heavy (non-hydrogen) atoms. The Morgan fingerprint density at radius 3 is 2.79 bits per heavy atom. The van der Waals surface area contributed by atoms with Gasteiger partial charge in [-0.05, 0) is 50.2 Å². The van der Waals surface area contributed by atoms with Crippen molar-refractivity contribution in [2.24, 2.45) is 0 Å². The molecule has 0 radical (unpaired) electrons. The molecule has 1 rings (SSSR count). The molecule has 0 amide bonds. The maximum Gasteiger partial charge on any atom is 0.307 e. The summed E-state index contributed by atoms with van der Waals surface area (Å²) < 4.78 is 1.56. The lowest BCUT2D eigenvalue weighted by Crippen LogP contribution is -2.03. The number of aliphatic carboxylic acids is 1. The van der Waals surface area contributed by atoms with Crippen LogP contribution in [0.15, 0.2) is 16.6 Å². The largest absolute Gasteiger partial charge is 0.481 e. The molecule has 0 aliphatic rings. The molecule has 1 aromatic carbocycles. The van der Waals surface area contributed by atoms with E-state index < -0.39 is 5.97 Å². The van der Waals surface area contributed by atoms with Gasteiger partial charge in [0, 0.05) is 8.04 Å². The highest BCUT2D eigenvalue weighted by molar-refractivity contribution is 14.1. The van der Waals surface area contributed by atoms with Crippen molar-refractivity contribution in [2.45, 2.75) is 6.42 Å². The standard InChI is InChI=1S/C9H5BrINO2/c10-9-6(4-12)5(3-8(13)14)1-2-7(9)11/h1-2H,3H2,(H,13,14). The highest BCUT2D eigenvalue weighted by atomic mass is 127. The maximum absolute atomic E-state index is 10.5. The molecule has 0 heterocycles. The Hall–Kier alpha value is -0.610. The van der Waals surface area contributed by atoms with Crippen molar-refractivity contribution in [1.82, 2.24) is 0 Å². The first-order valence-electron chi connectivity index (χ1n) is 3.65. The minimum Gasteiger partial charge on any atom is -0.481 e. The number of hydrogen-bond acceptors (Lipinski definition) is 2. The van der Waals surface area contributed by atoms with E-state index in [4.69, 9.17) is 10.4 Å². The fourth-order valence-corrected chi connectivity index (χ4v) is 1.95. The fraction of sp³-hybridized carbons (Fsp3) is 0.111. The average molecular weight is 366 g/mol. The van der Waals surface area contributed by atoms with Crippen molar-refractivity contribution in [1.29, 1.82) is 5.26 Å². The third kappa shape index (κ3) is 2.45. The highest BCUT2D eigenvalue weighted by Gasteiger charge is 2.11. The average Bonchev–Trinajstić information content (AvgIpc) is 2.11. The van der Waals surface area contributed by atoms with E-state index in [0.29, 0.717) is 15.6 Å². The second kappa shape index (κ2) is 4.75. The van der Waals surface area contributed by atoms with E-state index in [1.807, 2.05) is 6.07 Å². The summed E-state index contributed by atoms with van der Waals surface area (Å²) in [6.07, 6.45) is -0.127. The van der Waals surface area contributed by atoms with Crippen LogP contribution in [0.25, 0.3) is 0 Å². The molecule has 0 aliphatic heterocycles. The summed E-state index contributed by atoms with van der Waals surface area (Å²) in [6, 6.07) is 5.44. The molecule has 0 saturated carbocycles. The normalized spacial score (nSPS) is 9.50. The summed E-state index contributed by atoms with van der Waals surface area (Å²) in [7, 11) is 0. The summed E-state index contributed by atoms with van der Waals surface area (Å²) in [6.45, 7) is 0. The van der Waals surface area contributed by atoms with Gasteiger partial charge in [-0.25, -0.2) is 0 Å². The van der Waals surface area contributed by atoms with Crippen LogP contribution in [0.3, 0.4) is 0 Å². The third-order valence-electron chi connectivity index (χ3n) is 1.63. The van der Waals surface area contributed by atoms with Crippen LogP contribution in [0, 0.1) is 14.9 Å². The molecule has 0 bridgehead atoms. The molecule has 3 nitrogen and oxygen atoms in total. The lowest BCUT2D eigenvalue weighted by atomic mass is 10.1. The smallest absolute Gasteiger partial charge is 0.307 e. The van der Waals surface area contributed by atoms with Gasteiger partial charge in [-0.2, -0.15) is 5.26 Å². The molecule has 1 N–H and O–H groups in total. The van der Waals surface area contributed by atoms with E-state index in [9.17, 15) is 4.79 Å². The van der Waals surface area contributed by atoms with Crippen molar-refractivity contribution < 1.29 is 9.90 Å². The number of carboxylic acid groups (broad SMARTS) is 1. The van der Waals surface area contributed by atoms with Gasteiger partial charge in [0.2, 0.25) is 0 Å². The Bertz CT molecular complexity index is 426. The van der Waals surface area contributed by atoms with E-state index in [-0.39, 0.29) is 6.42 Å². The number of benzene rings is 1. The molecule has 0 spiro atoms. The Balaban J connectivity index is 3.26. The van der Waals surface area contributed by atoms with Crippen LogP contribution in [-0.4, -0.2) is 11.1 Å². The Morgan fingerprint density at radius 2 is 2.29 bits per heavy atom. The lowest BCUT2D eigenvalue weighted by molar-refractivity contribution is -0.136. The van der Waals surface area contributed by atoms with Crippen molar-refractivity contribution >= 4 is 44.5 Å². The van der Waals surface area contributed by atoms with Gasteiger partial charge in [0.1, 0.15) is 6.07 Å². The van der Waals surface area contributed by atoms with Crippen molar-refractivity contribution in [3.05, 3.63) is 31.3 Å². The van der Waals surface area contributed by atoms with Gasteiger partial charge in [0.15, 0.2) is 0 Å². The van der Waals surface area contributed by atoms with Gasteiger partial charge in [0.05, 0.1) is 12.0 Å². The first-order chi connectivity index (χ1) is 6.56. The Morgan fingerprint density at radius 1 is 1.64 bits per heavy atom. The predicted octanol–water partition coefficient (Wildman–Crippen LogP) is 2.55.